The third kappa shape index (κ3) is 2.79. The molecule has 1 aromatic heterocycles. The molecule has 0 fully saturated rings. The summed E-state index contributed by atoms with van der Waals surface area (Å²) in [4.78, 5) is 1.34. The molecule has 0 aliphatic carbocycles. The number of halogens is 1. The lowest BCUT2D eigenvalue weighted by molar-refractivity contribution is 0.703. The van der Waals surface area contributed by atoms with Crippen molar-refractivity contribution in [1.29, 1.82) is 0 Å². The molecule has 0 bridgehead atoms. The van der Waals surface area contributed by atoms with Crippen molar-refractivity contribution >= 4 is 27.3 Å². The van der Waals surface area contributed by atoms with Gasteiger partial charge in [-0.05, 0) is 59.6 Å². The first-order chi connectivity index (χ1) is 8.11. The fourth-order valence-electron chi connectivity index (χ4n) is 1.90. The second-order valence-electron chi connectivity index (χ2n) is 4.23. The van der Waals surface area contributed by atoms with E-state index in [9.17, 15) is 0 Å². The average molecular weight is 310 g/mol. The number of thiophene rings is 1. The molecule has 1 atom stereocenters. The molecule has 1 heterocycles. The molecule has 0 amide bonds. The first-order valence-electron chi connectivity index (χ1n) is 5.60. The summed E-state index contributed by atoms with van der Waals surface area (Å²) in [5.41, 5.74) is 4.01. The molecule has 90 valence electrons. The normalized spacial score (nSPS) is 12.7. The van der Waals surface area contributed by atoms with Crippen molar-refractivity contribution in [3.63, 3.8) is 0 Å². The van der Waals surface area contributed by atoms with Gasteiger partial charge in [-0.15, -0.1) is 11.3 Å². The standard InChI is InChI=1S/C14H16BrNS/c1-9-4-5-11(6-10(9)2)14(16-3)13-7-12(15)8-17-13/h4-8,14,16H,1-3H3. The molecular weight excluding hydrogens is 294 g/mol. The minimum Gasteiger partial charge on any atom is -0.309 e. The van der Waals surface area contributed by atoms with E-state index in [1.165, 1.54) is 21.6 Å². The summed E-state index contributed by atoms with van der Waals surface area (Å²) in [6.45, 7) is 4.31. The van der Waals surface area contributed by atoms with Crippen molar-refractivity contribution in [2.45, 2.75) is 19.9 Å². The SMILES string of the molecule is CNC(c1ccc(C)c(C)c1)c1cc(Br)cs1. The maximum atomic E-state index is 3.51. The molecule has 17 heavy (non-hydrogen) atoms. The Balaban J connectivity index is 2.38. The summed E-state index contributed by atoms with van der Waals surface area (Å²) < 4.78 is 1.15. The highest BCUT2D eigenvalue weighted by Gasteiger charge is 2.14. The van der Waals surface area contributed by atoms with Crippen molar-refractivity contribution in [3.8, 4) is 0 Å². The molecule has 1 N–H and O–H groups in total. The highest BCUT2D eigenvalue weighted by atomic mass is 79.9. The van der Waals surface area contributed by atoms with Crippen LogP contribution in [-0.2, 0) is 0 Å². The van der Waals surface area contributed by atoms with E-state index in [2.05, 4.69) is 64.7 Å². The monoisotopic (exact) mass is 309 g/mol. The lowest BCUT2D eigenvalue weighted by Crippen LogP contribution is -2.16. The van der Waals surface area contributed by atoms with Crippen molar-refractivity contribution < 1.29 is 0 Å². The Morgan fingerprint density at radius 1 is 1.18 bits per heavy atom. The van der Waals surface area contributed by atoms with E-state index in [0.717, 1.165) is 4.47 Å². The van der Waals surface area contributed by atoms with Gasteiger partial charge in [-0.25, -0.2) is 0 Å². The van der Waals surface area contributed by atoms with Gasteiger partial charge in [0.05, 0.1) is 6.04 Å². The summed E-state index contributed by atoms with van der Waals surface area (Å²) in [6, 6.07) is 9.13. The topological polar surface area (TPSA) is 12.0 Å². The first-order valence-corrected chi connectivity index (χ1v) is 7.27. The molecule has 0 saturated carbocycles. The Morgan fingerprint density at radius 3 is 2.47 bits per heavy atom. The highest BCUT2D eigenvalue weighted by Crippen LogP contribution is 2.30. The molecular formula is C14H16BrNS. The maximum Gasteiger partial charge on any atom is 0.0669 e. The minimum absolute atomic E-state index is 0.283. The maximum absolute atomic E-state index is 3.51. The molecule has 1 aromatic carbocycles. The van der Waals surface area contributed by atoms with Crippen molar-refractivity contribution in [3.05, 3.63) is 55.7 Å². The largest absolute Gasteiger partial charge is 0.309 e. The van der Waals surface area contributed by atoms with E-state index < -0.39 is 0 Å². The van der Waals surface area contributed by atoms with Gasteiger partial charge < -0.3 is 5.32 Å². The number of rotatable bonds is 3. The van der Waals surface area contributed by atoms with E-state index >= 15 is 0 Å². The Morgan fingerprint density at radius 2 is 1.94 bits per heavy atom. The molecule has 0 aliphatic heterocycles. The number of nitrogens with one attached hydrogen (secondary N) is 1. The van der Waals surface area contributed by atoms with Gasteiger partial charge in [0.15, 0.2) is 0 Å². The smallest absolute Gasteiger partial charge is 0.0669 e. The summed E-state index contributed by atoms with van der Waals surface area (Å²) in [5.74, 6) is 0. The zero-order valence-electron chi connectivity index (χ0n) is 10.3. The highest BCUT2D eigenvalue weighted by molar-refractivity contribution is 9.10. The van der Waals surface area contributed by atoms with Gasteiger partial charge in [0.25, 0.3) is 0 Å². The average Bonchev–Trinajstić information content (AvgIpc) is 2.71. The number of hydrogen-bond donors (Lipinski definition) is 1. The van der Waals surface area contributed by atoms with Gasteiger partial charge in [-0.1, -0.05) is 18.2 Å². The van der Waals surface area contributed by atoms with E-state index in [-0.39, 0.29) is 6.04 Å². The summed E-state index contributed by atoms with van der Waals surface area (Å²) in [6.07, 6.45) is 0. The van der Waals surface area contributed by atoms with Gasteiger partial charge in [0.2, 0.25) is 0 Å². The van der Waals surface area contributed by atoms with E-state index in [1.807, 2.05) is 7.05 Å². The van der Waals surface area contributed by atoms with Gasteiger partial charge in [-0.2, -0.15) is 0 Å². The van der Waals surface area contributed by atoms with Gasteiger partial charge in [0, 0.05) is 14.7 Å². The molecule has 1 unspecified atom stereocenters. The molecule has 2 rings (SSSR count). The third-order valence-electron chi connectivity index (χ3n) is 3.03. The number of benzene rings is 1. The molecule has 3 heteroatoms. The fourth-order valence-corrected chi connectivity index (χ4v) is 3.48. The first kappa shape index (κ1) is 12.8. The van der Waals surface area contributed by atoms with E-state index in [4.69, 9.17) is 0 Å². The van der Waals surface area contributed by atoms with Crippen molar-refractivity contribution in [2.75, 3.05) is 7.05 Å². The third-order valence-corrected chi connectivity index (χ3v) is 4.78. The molecule has 0 radical (unpaired) electrons. The fraction of sp³-hybridized carbons (Fsp3) is 0.286. The van der Waals surface area contributed by atoms with E-state index in [0.29, 0.717) is 0 Å². The lowest BCUT2D eigenvalue weighted by Gasteiger charge is -2.16. The minimum atomic E-state index is 0.283. The quantitative estimate of drug-likeness (QED) is 0.884. The molecule has 2 aromatic rings. The lowest BCUT2D eigenvalue weighted by atomic mass is 10.0. The molecule has 0 aliphatic rings. The van der Waals surface area contributed by atoms with Crippen molar-refractivity contribution in [1.82, 2.24) is 5.32 Å². The van der Waals surface area contributed by atoms with Crippen LogP contribution in [0.3, 0.4) is 0 Å². The Hall–Kier alpha value is -0.640. The van der Waals surface area contributed by atoms with Crippen molar-refractivity contribution in [2.24, 2.45) is 0 Å². The predicted molar refractivity (Wildman–Crippen MR) is 78.8 cm³/mol. The Kier molecular flexibility index (Phi) is 4.02. The van der Waals surface area contributed by atoms with Gasteiger partial charge in [-0.3, -0.25) is 0 Å². The van der Waals surface area contributed by atoms with Gasteiger partial charge in [0.1, 0.15) is 0 Å². The van der Waals surface area contributed by atoms with Crippen LogP contribution in [0.1, 0.15) is 27.6 Å². The van der Waals surface area contributed by atoms with Gasteiger partial charge >= 0.3 is 0 Å². The van der Waals surface area contributed by atoms with Crippen LogP contribution in [0.5, 0.6) is 0 Å². The Labute approximate surface area is 115 Å². The van der Waals surface area contributed by atoms with Crippen LogP contribution >= 0.6 is 27.3 Å². The zero-order valence-corrected chi connectivity index (χ0v) is 12.7. The predicted octanol–water partition coefficient (Wildman–Crippen LogP) is 4.44. The second kappa shape index (κ2) is 5.34. The summed E-state index contributed by atoms with van der Waals surface area (Å²) in [5, 5.41) is 5.51. The Bertz CT molecular complexity index is 519. The van der Waals surface area contributed by atoms with Crippen LogP contribution in [0.25, 0.3) is 0 Å². The molecule has 1 nitrogen and oxygen atoms in total. The number of aryl methyl sites for hydroxylation is 2. The molecule has 0 spiro atoms. The van der Waals surface area contributed by atoms with Crippen LogP contribution in [-0.4, -0.2) is 7.05 Å². The van der Waals surface area contributed by atoms with E-state index in [1.54, 1.807) is 11.3 Å². The molecule has 0 saturated heterocycles. The summed E-state index contributed by atoms with van der Waals surface area (Å²) >= 11 is 5.29. The second-order valence-corrected chi connectivity index (χ2v) is 6.09. The van der Waals surface area contributed by atoms with Crippen LogP contribution < -0.4 is 5.32 Å². The zero-order chi connectivity index (χ0) is 12.4. The van der Waals surface area contributed by atoms with Crippen LogP contribution in [0.2, 0.25) is 0 Å². The van der Waals surface area contributed by atoms with Crippen LogP contribution in [0.4, 0.5) is 0 Å². The summed E-state index contributed by atoms with van der Waals surface area (Å²) in [7, 11) is 2.01. The van der Waals surface area contributed by atoms with Crippen LogP contribution in [0.15, 0.2) is 34.1 Å². The number of hydrogen-bond acceptors (Lipinski definition) is 2. The van der Waals surface area contributed by atoms with Crippen LogP contribution in [0, 0.1) is 13.8 Å².